The lowest BCUT2D eigenvalue weighted by molar-refractivity contribution is 0.414. The number of rotatable bonds is 1. The first kappa shape index (κ1) is 13.9. The summed E-state index contributed by atoms with van der Waals surface area (Å²) in [6.07, 6.45) is 0. The molecule has 0 saturated carbocycles. The average molecular weight is 307 g/mol. The summed E-state index contributed by atoms with van der Waals surface area (Å²) in [6, 6.07) is 7.92. The number of benzene rings is 1. The van der Waals surface area contributed by atoms with Crippen LogP contribution in [0.1, 0.15) is 0 Å². The zero-order valence-corrected chi connectivity index (χ0v) is 9.70. The van der Waals surface area contributed by atoms with Crippen molar-refractivity contribution in [2.75, 3.05) is 7.11 Å². The molecule has 0 aromatic heterocycles. The summed E-state index contributed by atoms with van der Waals surface area (Å²) in [7, 11) is 1.67. The highest BCUT2D eigenvalue weighted by Crippen LogP contribution is 2.11. The maximum Gasteiger partial charge on any atom is 0.118 e. The molecule has 1 aromatic carbocycles. The Balaban J connectivity index is 0. The highest BCUT2D eigenvalue weighted by atomic mass is 127. The highest BCUT2D eigenvalue weighted by molar-refractivity contribution is 14.1. The molecule has 4 heteroatoms. The molecule has 1 aromatic rings. The first-order chi connectivity index (χ1) is 4.33. The predicted octanol–water partition coefficient (Wildman–Crippen LogP) is 3.14. The van der Waals surface area contributed by atoms with E-state index >= 15 is 0 Å². The van der Waals surface area contributed by atoms with Crippen LogP contribution in [-0.4, -0.2) is 7.11 Å². The Morgan fingerprint density at radius 3 is 1.91 bits per heavy atom. The Kier molecular flexibility index (Phi) is 8.84. The van der Waals surface area contributed by atoms with Crippen molar-refractivity contribution in [3.05, 3.63) is 27.8 Å². The van der Waals surface area contributed by atoms with Crippen molar-refractivity contribution in [3.63, 3.8) is 0 Å². The van der Waals surface area contributed by atoms with Gasteiger partial charge in [0.25, 0.3) is 0 Å². The van der Waals surface area contributed by atoms with E-state index in [-0.39, 0.29) is 24.8 Å². The predicted molar refractivity (Wildman–Crippen MR) is 60.2 cm³/mol. The largest absolute Gasteiger partial charge is 0.497 e. The molecule has 0 fully saturated rings. The third-order valence-corrected chi connectivity index (χ3v) is 1.77. The first-order valence-electron chi connectivity index (χ1n) is 2.62. The zero-order chi connectivity index (χ0) is 6.69. The summed E-state index contributed by atoms with van der Waals surface area (Å²) >= 11 is 2.26. The van der Waals surface area contributed by atoms with Crippen molar-refractivity contribution in [3.8, 4) is 5.75 Å². The van der Waals surface area contributed by atoms with Crippen molar-refractivity contribution < 1.29 is 4.74 Å². The quantitative estimate of drug-likeness (QED) is 0.724. The van der Waals surface area contributed by atoms with Gasteiger partial charge in [-0.1, -0.05) is 0 Å². The smallest absolute Gasteiger partial charge is 0.118 e. The van der Waals surface area contributed by atoms with E-state index in [1.165, 1.54) is 3.57 Å². The van der Waals surface area contributed by atoms with Crippen molar-refractivity contribution in [1.82, 2.24) is 0 Å². The van der Waals surface area contributed by atoms with Gasteiger partial charge in [0.15, 0.2) is 0 Å². The monoisotopic (exact) mass is 306 g/mol. The molecule has 1 nitrogen and oxygen atoms in total. The average Bonchev–Trinajstić information content (AvgIpc) is 1.90. The Labute approximate surface area is 92.5 Å². The molecule has 0 saturated heterocycles. The fourth-order valence-corrected chi connectivity index (χ4v) is 0.930. The van der Waals surface area contributed by atoms with Gasteiger partial charge in [-0.25, -0.2) is 0 Å². The molecule has 0 spiro atoms. The van der Waals surface area contributed by atoms with Crippen LogP contribution in [0.25, 0.3) is 0 Å². The van der Waals surface area contributed by atoms with E-state index < -0.39 is 0 Å². The number of hydrogen-bond donors (Lipinski definition) is 0. The summed E-state index contributed by atoms with van der Waals surface area (Å²) in [5.74, 6) is 0.912. The van der Waals surface area contributed by atoms with Crippen molar-refractivity contribution in [2.24, 2.45) is 0 Å². The minimum atomic E-state index is 0. The van der Waals surface area contributed by atoms with E-state index in [0.717, 1.165) is 5.75 Å². The maximum absolute atomic E-state index is 4.97. The molecule has 0 aliphatic rings. The number of ether oxygens (including phenoxy) is 1. The van der Waals surface area contributed by atoms with Gasteiger partial charge in [0.2, 0.25) is 0 Å². The molecule has 11 heavy (non-hydrogen) atoms. The van der Waals surface area contributed by atoms with E-state index in [1.807, 2.05) is 24.3 Å². The minimum Gasteiger partial charge on any atom is -0.497 e. The van der Waals surface area contributed by atoms with E-state index in [0.29, 0.717) is 0 Å². The number of hydrogen-bond acceptors (Lipinski definition) is 1. The Morgan fingerprint density at radius 2 is 1.55 bits per heavy atom. The van der Waals surface area contributed by atoms with Gasteiger partial charge in [0.05, 0.1) is 7.11 Å². The fraction of sp³-hybridized carbons (Fsp3) is 0.143. The molecule has 0 radical (unpaired) electrons. The van der Waals surface area contributed by atoms with Crippen LogP contribution in [0.5, 0.6) is 5.75 Å². The van der Waals surface area contributed by atoms with E-state index in [9.17, 15) is 0 Å². The van der Waals surface area contributed by atoms with Gasteiger partial charge in [-0.2, -0.15) is 0 Å². The summed E-state index contributed by atoms with van der Waals surface area (Å²) in [5.41, 5.74) is 0. The molecule has 0 amide bonds. The van der Waals surface area contributed by atoms with Gasteiger partial charge in [-0.3, -0.25) is 0 Å². The van der Waals surface area contributed by atoms with E-state index in [2.05, 4.69) is 22.6 Å². The summed E-state index contributed by atoms with van der Waals surface area (Å²) in [4.78, 5) is 0. The van der Waals surface area contributed by atoms with Crippen molar-refractivity contribution in [2.45, 2.75) is 0 Å². The molecule has 0 unspecified atom stereocenters. The van der Waals surface area contributed by atoms with Gasteiger partial charge in [-0.15, -0.1) is 24.8 Å². The van der Waals surface area contributed by atoms with E-state index in [1.54, 1.807) is 7.11 Å². The normalized spacial score (nSPS) is 7.45. The second kappa shape index (κ2) is 7.00. The molecule has 0 bridgehead atoms. The molecule has 0 heterocycles. The SMILES string of the molecule is COc1ccc(I)cc1.Cl.Cl. The topological polar surface area (TPSA) is 9.23 Å². The molecule has 0 N–H and O–H groups in total. The lowest BCUT2D eigenvalue weighted by Gasteiger charge is -1.96. The Bertz CT molecular complexity index is 188. The van der Waals surface area contributed by atoms with Crippen LogP contribution in [0, 0.1) is 3.57 Å². The second-order valence-corrected chi connectivity index (χ2v) is 2.90. The van der Waals surface area contributed by atoms with Crippen molar-refractivity contribution >= 4 is 47.4 Å². The number of halogens is 3. The maximum atomic E-state index is 4.97. The van der Waals surface area contributed by atoms with Crippen LogP contribution >= 0.6 is 47.4 Å². The lowest BCUT2D eigenvalue weighted by Crippen LogP contribution is -1.80. The summed E-state index contributed by atoms with van der Waals surface area (Å²) < 4.78 is 6.20. The summed E-state index contributed by atoms with van der Waals surface area (Å²) in [5, 5.41) is 0. The van der Waals surface area contributed by atoms with Crippen molar-refractivity contribution in [1.29, 1.82) is 0 Å². The molecule has 0 aliphatic heterocycles. The third-order valence-electron chi connectivity index (χ3n) is 1.05. The molecule has 0 aliphatic carbocycles. The zero-order valence-electron chi connectivity index (χ0n) is 5.91. The van der Waals surface area contributed by atoms with Crippen LogP contribution in [0.4, 0.5) is 0 Å². The van der Waals surface area contributed by atoms with Crippen LogP contribution in [0.3, 0.4) is 0 Å². The van der Waals surface area contributed by atoms with Gasteiger partial charge in [0, 0.05) is 3.57 Å². The van der Waals surface area contributed by atoms with Gasteiger partial charge >= 0.3 is 0 Å². The first-order valence-corrected chi connectivity index (χ1v) is 3.70. The van der Waals surface area contributed by atoms with Crippen LogP contribution in [0.2, 0.25) is 0 Å². The molecule has 64 valence electrons. The van der Waals surface area contributed by atoms with E-state index in [4.69, 9.17) is 4.74 Å². The van der Waals surface area contributed by atoms with Gasteiger partial charge < -0.3 is 4.74 Å². The molecule has 1 rings (SSSR count). The summed E-state index contributed by atoms with van der Waals surface area (Å²) in [6.45, 7) is 0. The minimum absolute atomic E-state index is 0. The van der Waals surface area contributed by atoms with Crippen LogP contribution in [0.15, 0.2) is 24.3 Å². The number of methoxy groups -OCH3 is 1. The van der Waals surface area contributed by atoms with Gasteiger partial charge in [0.1, 0.15) is 5.75 Å². The van der Waals surface area contributed by atoms with Crippen LogP contribution in [-0.2, 0) is 0 Å². The molecular formula is C7H9Cl2IO. The third kappa shape index (κ3) is 4.71. The fourth-order valence-electron chi connectivity index (χ4n) is 0.571. The lowest BCUT2D eigenvalue weighted by atomic mass is 10.3. The molecular weight excluding hydrogens is 298 g/mol. The second-order valence-electron chi connectivity index (χ2n) is 1.66. The standard InChI is InChI=1S/C7H7IO.2ClH/c1-9-7-4-2-6(8)3-5-7;;/h2-5H,1H3;2*1H. The van der Waals surface area contributed by atoms with Crippen LogP contribution < -0.4 is 4.74 Å². The van der Waals surface area contributed by atoms with Gasteiger partial charge in [-0.05, 0) is 46.9 Å². The Morgan fingerprint density at radius 1 is 1.09 bits per heavy atom. The molecule has 0 atom stereocenters. The highest BCUT2D eigenvalue weighted by Gasteiger charge is 1.86. The Hall–Kier alpha value is 0.330.